The summed E-state index contributed by atoms with van der Waals surface area (Å²) >= 11 is 0. The molecule has 1 N–H and O–H groups in total. The van der Waals surface area contributed by atoms with Crippen molar-refractivity contribution in [1.82, 2.24) is 5.32 Å². The lowest BCUT2D eigenvalue weighted by atomic mass is 9.86. The Morgan fingerprint density at radius 2 is 1.52 bits per heavy atom. The molecular weight excluding hydrogens is 261 g/mol. The van der Waals surface area contributed by atoms with Gasteiger partial charge in [0.05, 0.1) is 0 Å². The predicted molar refractivity (Wildman–Crippen MR) is 87.0 cm³/mol. The molecule has 2 heteroatoms. The van der Waals surface area contributed by atoms with Crippen molar-refractivity contribution in [1.29, 1.82) is 0 Å². The summed E-state index contributed by atoms with van der Waals surface area (Å²) in [6.45, 7) is 6.66. The molecule has 0 aliphatic rings. The molecule has 0 saturated carbocycles. The van der Waals surface area contributed by atoms with Crippen LogP contribution in [0.3, 0.4) is 0 Å². The van der Waals surface area contributed by atoms with Crippen LogP contribution in [0.2, 0.25) is 0 Å². The summed E-state index contributed by atoms with van der Waals surface area (Å²) in [6, 6.07) is 15.7. The molecule has 0 radical (unpaired) electrons. The minimum atomic E-state index is -0.192. The van der Waals surface area contributed by atoms with Gasteiger partial charge in [-0.25, -0.2) is 4.39 Å². The van der Waals surface area contributed by atoms with Gasteiger partial charge in [-0.1, -0.05) is 57.2 Å². The fourth-order valence-electron chi connectivity index (χ4n) is 2.46. The maximum atomic E-state index is 13.0. The molecule has 0 aromatic heterocycles. The van der Waals surface area contributed by atoms with Crippen LogP contribution in [0.1, 0.15) is 43.5 Å². The standard InChI is InChI=1S/C19H24FN/c1-19(2,3)16-9-5-14(6-10-16)13-18(21-4)15-7-11-17(20)12-8-15/h5-12,18,21H,13H2,1-4H3. The Kier molecular flexibility index (Phi) is 4.79. The summed E-state index contributed by atoms with van der Waals surface area (Å²) in [7, 11) is 1.94. The number of hydrogen-bond donors (Lipinski definition) is 1. The summed E-state index contributed by atoms with van der Waals surface area (Å²) < 4.78 is 13.0. The Morgan fingerprint density at radius 3 is 2.00 bits per heavy atom. The molecule has 0 heterocycles. The zero-order valence-electron chi connectivity index (χ0n) is 13.3. The summed E-state index contributed by atoms with van der Waals surface area (Å²) in [5.74, 6) is -0.192. The molecule has 2 rings (SSSR count). The second-order valence-corrected chi connectivity index (χ2v) is 6.54. The van der Waals surface area contributed by atoms with Crippen LogP contribution >= 0.6 is 0 Å². The molecule has 1 atom stereocenters. The molecule has 2 aromatic rings. The van der Waals surface area contributed by atoms with Gasteiger partial charge < -0.3 is 5.32 Å². The molecule has 0 amide bonds. The molecule has 0 spiro atoms. The van der Waals surface area contributed by atoms with Crippen LogP contribution in [-0.2, 0) is 11.8 Å². The number of hydrogen-bond acceptors (Lipinski definition) is 1. The number of likely N-dealkylation sites (N-methyl/N-ethyl adjacent to an activating group) is 1. The zero-order valence-corrected chi connectivity index (χ0v) is 13.3. The van der Waals surface area contributed by atoms with Crippen molar-refractivity contribution in [3.63, 3.8) is 0 Å². The summed E-state index contributed by atoms with van der Waals surface area (Å²) in [4.78, 5) is 0. The van der Waals surface area contributed by atoms with E-state index in [1.54, 1.807) is 0 Å². The van der Waals surface area contributed by atoms with Gasteiger partial charge in [0.1, 0.15) is 5.82 Å². The van der Waals surface area contributed by atoms with Crippen molar-refractivity contribution in [2.75, 3.05) is 7.05 Å². The lowest BCUT2D eigenvalue weighted by Crippen LogP contribution is -2.19. The third kappa shape index (κ3) is 4.15. The Balaban J connectivity index is 2.13. The topological polar surface area (TPSA) is 12.0 Å². The van der Waals surface area contributed by atoms with Crippen LogP contribution < -0.4 is 5.32 Å². The van der Waals surface area contributed by atoms with Crippen LogP contribution in [0.25, 0.3) is 0 Å². The third-order valence-corrected chi connectivity index (χ3v) is 3.88. The number of rotatable bonds is 4. The van der Waals surface area contributed by atoms with Gasteiger partial charge in [-0.05, 0) is 47.7 Å². The molecule has 0 aliphatic heterocycles. The molecule has 2 aromatic carbocycles. The predicted octanol–water partition coefficient (Wildman–Crippen LogP) is 4.63. The van der Waals surface area contributed by atoms with Gasteiger partial charge in [-0.15, -0.1) is 0 Å². The van der Waals surface area contributed by atoms with E-state index in [4.69, 9.17) is 0 Å². The van der Waals surface area contributed by atoms with Gasteiger partial charge in [-0.2, -0.15) is 0 Å². The Bertz CT molecular complexity index is 564. The highest BCUT2D eigenvalue weighted by Crippen LogP contribution is 2.24. The normalized spacial score (nSPS) is 13.2. The molecule has 112 valence electrons. The first-order chi connectivity index (χ1) is 9.90. The highest BCUT2D eigenvalue weighted by atomic mass is 19.1. The third-order valence-electron chi connectivity index (χ3n) is 3.88. The van der Waals surface area contributed by atoms with Gasteiger partial charge in [-0.3, -0.25) is 0 Å². The molecule has 21 heavy (non-hydrogen) atoms. The first kappa shape index (κ1) is 15.7. The van der Waals surface area contributed by atoms with Crippen molar-refractivity contribution >= 4 is 0 Å². The van der Waals surface area contributed by atoms with Gasteiger partial charge >= 0.3 is 0 Å². The van der Waals surface area contributed by atoms with Crippen LogP contribution in [0.15, 0.2) is 48.5 Å². The Labute approximate surface area is 127 Å². The van der Waals surface area contributed by atoms with Gasteiger partial charge in [0, 0.05) is 6.04 Å². The Hall–Kier alpha value is -1.67. The molecule has 0 fully saturated rings. The van der Waals surface area contributed by atoms with E-state index in [0.29, 0.717) is 0 Å². The number of benzene rings is 2. The maximum Gasteiger partial charge on any atom is 0.123 e. The average Bonchev–Trinajstić information content (AvgIpc) is 2.45. The second-order valence-electron chi connectivity index (χ2n) is 6.54. The van der Waals surface area contributed by atoms with Gasteiger partial charge in [0.2, 0.25) is 0 Å². The molecule has 0 saturated heterocycles. The molecular formula is C19H24FN. The first-order valence-electron chi connectivity index (χ1n) is 7.42. The van der Waals surface area contributed by atoms with E-state index in [1.807, 2.05) is 19.2 Å². The summed E-state index contributed by atoms with van der Waals surface area (Å²) in [5, 5.41) is 3.31. The fraction of sp³-hybridized carbons (Fsp3) is 0.368. The minimum absolute atomic E-state index is 0.178. The highest BCUT2D eigenvalue weighted by Gasteiger charge is 2.14. The van der Waals surface area contributed by atoms with Crippen LogP contribution in [-0.4, -0.2) is 7.05 Å². The van der Waals surface area contributed by atoms with Crippen molar-refractivity contribution < 1.29 is 4.39 Å². The minimum Gasteiger partial charge on any atom is -0.313 e. The van der Waals surface area contributed by atoms with Crippen LogP contribution in [0, 0.1) is 5.82 Å². The second kappa shape index (κ2) is 6.40. The SMILES string of the molecule is CNC(Cc1ccc(C(C)(C)C)cc1)c1ccc(F)cc1. The number of nitrogens with one attached hydrogen (secondary N) is 1. The van der Waals surface area contributed by atoms with E-state index in [-0.39, 0.29) is 17.3 Å². The lowest BCUT2D eigenvalue weighted by Gasteiger charge is -2.20. The quantitative estimate of drug-likeness (QED) is 0.864. The van der Waals surface area contributed by atoms with Crippen molar-refractivity contribution in [2.45, 2.75) is 38.6 Å². The van der Waals surface area contributed by atoms with Crippen molar-refractivity contribution in [3.05, 3.63) is 71.0 Å². The molecule has 1 nitrogen and oxygen atoms in total. The molecule has 1 unspecified atom stereocenters. The summed E-state index contributed by atoms with van der Waals surface area (Å²) in [6.07, 6.45) is 0.895. The fourth-order valence-corrected chi connectivity index (χ4v) is 2.46. The van der Waals surface area contributed by atoms with E-state index < -0.39 is 0 Å². The van der Waals surface area contributed by atoms with Gasteiger partial charge in [0.15, 0.2) is 0 Å². The monoisotopic (exact) mass is 285 g/mol. The maximum absolute atomic E-state index is 13.0. The largest absolute Gasteiger partial charge is 0.313 e. The van der Waals surface area contributed by atoms with E-state index in [2.05, 4.69) is 50.4 Å². The average molecular weight is 285 g/mol. The summed E-state index contributed by atoms with van der Waals surface area (Å²) in [5.41, 5.74) is 3.91. The van der Waals surface area contributed by atoms with Crippen molar-refractivity contribution in [3.8, 4) is 0 Å². The molecule has 0 bridgehead atoms. The number of halogens is 1. The highest BCUT2D eigenvalue weighted by molar-refractivity contribution is 5.29. The first-order valence-corrected chi connectivity index (χ1v) is 7.42. The van der Waals surface area contributed by atoms with E-state index in [9.17, 15) is 4.39 Å². The van der Waals surface area contributed by atoms with E-state index in [0.717, 1.165) is 12.0 Å². The smallest absolute Gasteiger partial charge is 0.123 e. The van der Waals surface area contributed by atoms with Crippen LogP contribution in [0.5, 0.6) is 0 Å². The van der Waals surface area contributed by atoms with Crippen molar-refractivity contribution in [2.24, 2.45) is 0 Å². The van der Waals surface area contributed by atoms with Crippen LogP contribution in [0.4, 0.5) is 4.39 Å². The zero-order chi connectivity index (χ0) is 15.5. The molecule has 0 aliphatic carbocycles. The Morgan fingerprint density at radius 1 is 0.952 bits per heavy atom. The van der Waals surface area contributed by atoms with E-state index in [1.165, 1.54) is 23.3 Å². The van der Waals surface area contributed by atoms with Gasteiger partial charge in [0.25, 0.3) is 0 Å². The lowest BCUT2D eigenvalue weighted by molar-refractivity contribution is 0.581. The van der Waals surface area contributed by atoms with E-state index >= 15 is 0 Å².